The Hall–Kier alpha value is -1.23. The SMILES string of the molecule is CCc1nnc(-c2scnc2C)o1. The quantitative estimate of drug-likeness (QED) is 0.736. The molecule has 0 N–H and O–H groups in total. The first-order valence-corrected chi connectivity index (χ1v) is 4.92. The Bertz CT molecular complexity index is 407. The van der Waals surface area contributed by atoms with Gasteiger partial charge in [-0.2, -0.15) is 0 Å². The summed E-state index contributed by atoms with van der Waals surface area (Å²) in [5.41, 5.74) is 2.72. The molecule has 0 atom stereocenters. The minimum absolute atomic E-state index is 0.580. The number of aryl methyl sites for hydroxylation is 2. The molecule has 2 aromatic heterocycles. The molecule has 0 aliphatic heterocycles. The highest BCUT2D eigenvalue weighted by Gasteiger charge is 2.11. The van der Waals surface area contributed by atoms with Gasteiger partial charge < -0.3 is 4.42 Å². The number of thiazole rings is 1. The van der Waals surface area contributed by atoms with Crippen LogP contribution in [0.4, 0.5) is 0 Å². The van der Waals surface area contributed by atoms with Crippen LogP contribution < -0.4 is 0 Å². The van der Waals surface area contributed by atoms with E-state index in [2.05, 4.69) is 15.2 Å². The van der Waals surface area contributed by atoms with Crippen molar-refractivity contribution >= 4 is 11.3 Å². The molecule has 0 saturated carbocycles. The highest BCUT2D eigenvalue weighted by atomic mass is 32.1. The number of hydrogen-bond donors (Lipinski definition) is 0. The van der Waals surface area contributed by atoms with Gasteiger partial charge in [0.25, 0.3) is 5.89 Å². The molecule has 2 aromatic rings. The molecule has 68 valence electrons. The first-order chi connectivity index (χ1) is 6.31. The molecule has 2 rings (SSSR count). The van der Waals surface area contributed by atoms with Gasteiger partial charge in [-0.1, -0.05) is 6.92 Å². The molecular weight excluding hydrogens is 186 g/mol. The molecule has 0 spiro atoms. The topological polar surface area (TPSA) is 51.8 Å². The highest BCUT2D eigenvalue weighted by molar-refractivity contribution is 7.13. The maximum absolute atomic E-state index is 5.41. The lowest BCUT2D eigenvalue weighted by molar-refractivity contribution is 0.513. The lowest BCUT2D eigenvalue weighted by Crippen LogP contribution is -1.77. The normalized spacial score (nSPS) is 10.6. The number of hydrogen-bond acceptors (Lipinski definition) is 5. The van der Waals surface area contributed by atoms with E-state index in [1.807, 2.05) is 13.8 Å². The van der Waals surface area contributed by atoms with Crippen LogP contribution in [0.25, 0.3) is 10.8 Å². The Labute approximate surface area is 79.6 Å². The summed E-state index contributed by atoms with van der Waals surface area (Å²) in [6.07, 6.45) is 0.769. The van der Waals surface area contributed by atoms with Crippen molar-refractivity contribution in [3.63, 3.8) is 0 Å². The Morgan fingerprint density at radius 3 is 2.85 bits per heavy atom. The third-order valence-electron chi connectivity index (χ3n) is 1.71. The molecule has 0 aliphatic rings. The van der Waals surface area contributed by atoms with Crippen LogP contribution in [0, 0.1) is 6.92 Å². The van der Waals surface area contributed by atoms with Gasteiger partial charge in [0.1, 0.15) is 4.88 Å². The Kier molecular flexibility index (Phi) is 2.10. The van der Waals surface area contributed by atoms with Crippen LogP contribution in [0.1, 0.15) is 18.5 Å². The molecule has 13 heavy (non-hydrogen) atoms. The fourth-order valence-electron chi connectivity index (χ4n) is 0.995. The predicted octanol–water partition coefficient (Wildman–Crippen LogP) is 2.06. The third-order valence-corrected chi connectivity index (χ3v) is 2.63. The lowest BCUT2D eigenvalue weighted by atomic mass is 10.4. The van der Waals surface area contributed by atoms with E-state index in [4.69, 9.17) is 4.42 Å². The van der Waals surface area contributed by atoms with Gasteiger partial charge in [-0.25, -0.2) is 4.98 Å². The average molecular weight is 195 g/mol. The second kappa shape index (κ2) is 3.26. The van der Waals surface area contributed by atoms with Gasteiger partial charge in [-0.15, -0.1) is 21.5 Å². The van der Waals surface area contributed by atoms with Gasteiger partial charge in [-0.3, -0.25) is 0 Å². The summed E-state index contributed by atoms with van der Waals surface area (Å²) >= 11 is 1.52. The summed E-state index contributed by atoms with van der Waals surface area (Å²) < 4.78 is 5.41. The Morgan fingerprint density at radius 2 is 2.31 bits per heavy atom. The standard InChI is InChI=1S/C8H9N3OS/c1-3-6-10-11-8(12-6)7-5(2)9-4-13-7/h4H,3H2,1-2H3. The molecule has 0 aromatic carbocycles. The maximum atomic E-state index is 5.41. The summed E-state index contributed by atoms with van der Waals surface area (Å²) in [4.78, 5) is 5.08. The van der Waals surface area contributed by atoms with Gasteiger partial charge in [0.2, 0.25) is 5.89 Å². The molecule has 0 unspecified atom stereocenters. The molecule has 2 heterocycles. The van der Waals surface area contributed by atoms with Crippen molar-refractivity contribution in [2.75, 3.05) is 0 Å². The molecule has 5 heteroatoms. The van der Waals surface area contributed by atoms with Crippen molar-refractivity contribution in [1.29, 1.82) is 0 Å². The zero-order valence-corrected chi connectivity index (χ0v) is 8.26. The number of aromatic nitrogens is 3. The van der Waals surface area contributed by atoms with Gasteiger partial charge in [0.05, 0.1) is 11.2 Å². The molecule has 0 radical (unpaired) electrons. The van der Waals surface area contributed by atoms with E-state index in [1.165, 1.54) is 11.3 Å². The predicted molar refractivity (Wildman–Crippen MR) is 49.5 cm³/mol. The van der Waals surface area contributed by atoms with E-state index in [9.17, 15) is 0 Å². The molecular formula is C8H9N3OS. The number of nitrogens with zero attached hydrogens (tertiary/aromatic N) is 3. The fourth-order valence-corrected chi connectivity index (χ4v) is 1.72. The maximum Gasteiger partial charge on any atom is 0.259 e. The van der Waals surface area contributed by atoms with E-state index in [1.54, 1.807) is 5.51 Å². The van der Waals surface area contributed by atoms with Crippen molar-refractivity contribution < 1.29 is 4.42 Å². The van der Waals surface area contributed by atoms with Crippen LogP contribution in [0.3, 0.4) is 0 Å². The van der Waals surface area contributed by atoms with Crippen molar-refractivity contribution in [2.24, 2.45) is 0 Å². The molecule has 0 aliphatic carbocycles. The van der Waals surface area contributed by atoms with Crippen LogP contribution >= 0.6 is 11.3 Å². The molecule has 0 bridgehead atoms. The van der Waals surface area contributed by atoms with E-state index in [0.717, 1.165) is 17.0 Å². The van der Waals surface area contributed by atoms with E-state index >= 15 is 0 Å². The zero-order valence-electron chi connectivity index (χ0n) is 7.44. The summed E-state index contributed by atoms with van der Waals surface area (Å²) in [6.45, 7) is 3.92. The van der Waals surface area contributed by atoms with Gasteiger partial charge >= 0.3 is 0 Å². The van der Waals surface area contributed by atoms with Crippen LogP contribution in [-0.4, -0.2) is 15.2 Å². The third kappa shape index (κ3) is 1.47. The van der Waals surface area contributed by atoms with Crippen molar-refractivity contribution in [3.05, 3.63) is 17.1 Å². The van der Waals surface area contributed by atoms with Crippen LogP contribution in [0.5, 0.6) is 0 Å². The second-order valence-corrected chi connectivity index (χ2v) is 3.48. The van der Waals surface area contributed by atoms with Crippen molar-refractivity contribution in [2.45, 2.75) is 20.3 Å². The highest BCUT2D eigenvalue weighted by Crippen LogP contribution is 2.25. The molecule has 4 nitrogen and oxygen atoms in total. The molecule has 0 amide bonds. The fraction of sp³-hybridized carbons (Fsp3) is 0.375. The van der Waals surface area contributed by atoms with Crippen molar-refractivity contribution in [1.82, 2.24) is 15.2 Å². The first-order valence-electron chi connectivity index (χ1n) is 4.04. The minimum atomic E-state index is 0.580. The van der Waals surface area contributed by atoms with Gasteiger partial charge in [-0.05, 0) is 6.92 Å². The summed E-state index contributed by atoms with van der Waals surface area (Å²) in [6, 6.07) is 0. The zero-order chi connectivity index (χ0) is 9.26. The Balaban J connectivity index is 2.41. The monoisotopic (exact) mass is 195 g/mol. The van der Waals surface area contributed by atoms with Crippen LogP contribution in [0.15, 0.2) is 9.93 Å². The van der Waals surface area contributed by atoms with Crippen LogP contribution in [0.2, 0.25) is 0 Å². The average Bonchev–Trinajstić information content (AvgIpc) is 2.71. The lowest BCUT2D eigenvalue weighted by Gasteiger charge is -1.88. The largest absolute Gasteiger partial charge is 0.420 e. The molecule has 0 saturated heterocycles. The van der Waals surface area contributed by atoms with Gasteiger partial charge in [0, 0.05) is 6.42 Å². The van der Waals surface area contributed by atoms with E-state index < -0.39 is 0 Å². The van der Waals surface area contributed by atoms with E-state index in [0.29, 0.717) is 11.8 Å². The second-order valence-electron chi connectivity index (χ2n) is 2.62. The Morgan fingerprint density at radius 1 is 1.46 bits per heavy atom. The smallest absolute Gasteiger partial charge is 0.259 e. The molecule has 0 fully saturated rings. The van der Waals surface area contributed by atoms with Gasteiger partial charge in [0.15, 0.2) is 0 Å². The summed E-state index contributed by atoms with van der Waals surface area (Å²) in [5.74, 6) is 1.25. The minimum Gasteiger partial charge on any atom is -0.420 e. The van der Waals surface area contributed by atoms with Crippen molar-refractivity contribution in [3.8, 4) is 10.8 Å². The van der Waals surface area contributed by atoms with Crippen LogP contribution in [-0.2, 0) is 6.42 Å². The number of rotatable bonds is 2. The summed E-state index contributed by atoms with van der Waals surface area (Å²) in [5, 5.41) is 7.84. The first kappa shape index (κ1) is 8.37. The summed E-state index contributed by atoms with van der Waals surface area (Å²) in [7, 11) is 0. The van der Waals surface area contributed by atoms with E-state index in [-0.39, 0.29) is 0 Å².